The highest BCUT2D eigenvalue weighted by molar-refractivity contribution is 5.96. The van der Waals surface area contributed by atoms with Crippen LogP contribution in [0.1, 0.15) is 44.7 Å². The van der Waals surface area contributed by atoms with Gasteiger partial charge >= 0.3 is 0 Å². The zero-order valence-corrected chi connectivity index (χ0v) is 24.5. The van der Waals surface area contributed by atoms with Crippen LogP contribution in [0.25, 0.3) is 22.5 Å². The molecule has 0 spiro atoms. The Bertz CT molecular complexity index is 1480. The molecule has 1 aromatic heterocycles. The van der Waals surface area contributed by atoms with Crippen LogP contribution in [0.15, 0.2) is 91.0 Å². The van der Waals surface area contributed by atoms with Crippen molar-refractivity contribution in [3.05, 3.63) is 113 Å². The standard InChI is InChI=1S/C36H38N4O2/c1-26-21-27(2)23-30(22-26)35(41)39-15-13-32(14-16-39)38-17-19-40(20-18-38)36(42)31-24-33(28-9-5-3-6-10-28)37-34(25-31)29-11-7-4-8-12-29/h3-12,21-25,32H,13-20H2,1-2H3. The van der Waals surface area contributed by atoms with Gasteiger partial charge in [0.2, 0.25) is 0 Å². The van der Waals surface area contributed by atoms with E-state index in [1.807, 2.05) is 109 Å². The molecule has 3 heterocycles. The lowest BCUT2D eigenvalue weighted by Crippen LogP contribution is -2.54. The quantitative estimate of drug-likeness (QED) is 0.297. The summed E-state index contributed by atoms with van der Waals surface area (Å²) in [5.41, 5.74) is 7.32. The molecule has 0 unspecified atom stereocenters. The van der Waals surface area contributed by atoms with Gasteiger partial charge in [-0.05, 0) is 51.0 Å². The van der Waals surface area contributed by atoms with E-state index < -0.39 is 0 Å². The van der Waals surface area contributed by atoms with E-state index in [0.29, 0.717) is 24.7 Å². The molecule has 2 aliphatic heterocycles. The second kappa shape index (κ2) is 12.3. The van der Waals surface area contributed by atoms with Gasteiger partial charge in [0.05, 0.1) is 11.4 Å². The van der Waals surface area contributed by atoms with Crippen molar-refractivity contribution in [2.45, 2.75) is 32.7 Å². The van der Waals surface area contributed by atoms with Crippen molar-refractivity contribution in [1.29, 1.82) is 0 Å². The van der Waals surface area contributed by atoms with Crippen LogP contribution in [-0.4, -0.2) is 76.8 Å². The molecule has 3 aromatic carbocycles. The van der Waals surface area contributed by atoms with Crippen LogP contribution >= 0.6 is 0 Å². The minimum atomic E-state index is 0.0558. The first-order chi connectivity index (χ1) is 20.4. The summed E-state index contributed by atoms with van der Waals surface area (Å²) in [5.74, 6) is 0.193. The number of carbonyl (C=O) groups is 2. The number of pyridine rings is 1. The number of piperazine rings is 1. The molecule has 42 heavy (non-hydrogen) atoms. The van der Waals surface area contributed by atoms with Crippen molar-refractivity contribution in [3.8, 4) is 22.5 Å². The largest absolute Gasteiger partial charge is 0.339 e. The van der Waals surface area contributed by atoms with E-state index in [0.717, 1.165) is 78.2 Å². The number of benzene rings is 3. The summed E-state index contributed by atoms with van der Waals surface area (Å²) in [7, 11) is 0. The van der Waals surface area contributed by atoms with Crippen molar-refractivity contribution >= 4 is 11.8 Å². The Balaban J connectivity index is 1.10. The number of aromatic nitrogens is 1. The molecule has 4 aromatic rings. The van der Waals surface area contributed by atoms with Crippen molar-refractivity contribution in [3.63, 3.8) is 0 Å². The highest BCUT2D eigenvalue weighted by Crippen LogP contribution is 2.27. The van der Waals surface area contributed by atoms with Crippen molar-refractivity contribution in [2.75, 3.05) is 39.3 Å². The molecule has 6 rings (SSSR count). The second-order valence-electron chi connectivity index (χ2n) is 11.6. The van der Waals surface area contributed by atoms with Crippen LogP contribution in [0.4, 0.5) is 0 Å². The monoisotopic (exact) mass is 558 g/mol. The number of rotatable bonds is 5. The van der Waals surface area contributed by atoms with E-state index in [4.69, 9.17) is 4.98 Å². The Kier molecular flexibility index (Phi) is 8.15. The summed E-state index contributed by atoms with van der Waals surface area (Å²) in [4.78, 5) is 38.3. The van der Waals surface area contributed by atoms with Gasteiger partial charge in [-0.3, -0.25) is 14.5 Å². The smallest absolute Gasteiger partial charge is 0.254 e. The number of amides is 2. The zero-order chi connectivity index (χ0) is 29.1. The lowest BCUT2D eigenvalue weighted by Gasteiger charge is -2.42. The van der Waals surface area contributed by atoms with E-state index in [2.05, 4.69) is 11.0 Å². The van der Waals surface area contributed by atoms with Crippen LogP contribution in [0.3, 0.4) is 0 Å². The minimum Gasteiger partial charge on any atom is -0.339 e. The van der Waals surface area contributed by atoms with Gasteiger partial charge in [0.15, 0.2) is 0 Å². The Hall–Kier alpha value is -4.29. The Morgan fingerprint density at radius 2 is 1.05 bits per heavy atom. The zero-order valence-electron chi connectivity index (χ0n) is 24.5. The Labute approximate surface area is 248 Å². The fraction of sp³-hybridized carbons (Fsp3) is 0.306. The molecule has 2 fully saturated rings. The number of aryl methyl sites for hydroxylation is 2. The normalized spacial score (nSPS) is 16.4. The Morgan fingerprint density at radius 1 is 0.595 bits per heavy atom. The first-order valence-corrected chi connectivity index (χ1v) is 15.0. The van der Waals surface area contributed by atoms with Gasteiger partial charge in [0.25, 0.3) is 11.8 Å². The van der Waals surface area contributed by atoms with Gasteiger partial charge in [-0.1, -0.05) is 77.9 Å². The van der Waals surface area contributed by atoms with E-state index >= 15 is 0 Å². The van der Waals surface area contributed by atoms with Crippen LogP contribution < -0.4 is 0 Å². The summed E-state index contributed by atoms with van der Waals surface area (Å²) < 4.78 is 0. The van der Waals surface area contributed by atoms with E-state index in [1.54, 1.807) is 0 Å². The van der Waals surface area contributed by atoms with Gasteiger partial charge in [0.1, 0.15) is 0 Å². The summed E-state index contributed by atoms with van der Waals surface area (Å²) >= 11 is 0. The summed E-state index contributed by atoms with van der Waals surface area (Å²) in [6.45, 7) is 8.73. The van der Waals surface area contributed by atoms with E-state index in [1.165, 1.54) is 0 Å². The maximum absolute atomic E-state index is 13.8. The molecule has 0 aliphatic carbocycles. The van der Waals surface area contributed by atoms with E-state index in [-0.39, 0.29) is 11.8 Å². The van der Waals surface area contributed by atoms with Crippen LogP contribution in [0, 0.1) is 13.8 Å². The molecule has 0 radical (unpaired) electrons. The Morgan fingerprint density at radius 3 is 1.55 bits per heavy atom. The lowest BCUT2D eigenvalue weighted by molar-refractivity contribution is 0.0412. The molecule has 2 aliphatic rings. The molecule has 0 bridgehead atoms. The van der Waals surface area contributed by atoms with Crippen molar-refractivity contribution in [1.82, 2.24) is 19.7 Å². The number of carbonyl (C=O) groups excluding carboxylic acids is 2. The molecule has 2 saturated heterocycles. The second-order valence-corrected chi connectivity index (χ2v) is 11.6. The highest BCUT2D eigenvalue weighted by Gasteiger charge is 2.31. The maximum Gasteiger partial charge on any atom is 0.254 e. The van der Waals surface area contributed by atoms with Gasteiger partial charge in [0, 0.05) is 67.6 Å². The van der Waals surface area contributed by atoms with Crippen LogP contribution in [0.5, 0.6) is 0 Å². The minimum absolute atomic E-state index is 0.0558. The number of piperidine rings is 1. The maximum atomic E-state index is 13.8. The molecule has 2 amide bonds. The third kappa shape index (κ3) is 6.14. The summed E-state index contributed by atoms with van der Waals surface area (Å²) in [6.07, 6.45) is 1.94. The van der Waals surface area contributed by atoms with Gasteiger partial charge in [-0.25, -0.2) is 4.98 Å². The SMILES string of the molecule is Cc1cc(C)cc(C(=O)N2CCC(N3CCN(C(=O)c4cc(-c5ccccc5)nc(-c5ccccc5)c4)CC3)CC2)c1. The van der Waals surface area contributed by atoms with Gasteiger partial charge in [-0.2, -0.15) is 0 Å². The van der Waals surface area contributed by atoms with E-state index in [9.17, 15) is 9.59 Å². The molecular weight excluding hydrogens is 520 g/mol. The first kappa shape index (κ1) is 27.9. The summed E-state index contributed by atoms with van der Waals surface area (Å²) in [6, 6.07) is 30.5. The number of hydrogen-bond acceptors (Lipinski definition) is 4. The molecule has 214 valence electrons. The van der Waals surface area contributed by atoms with Crippen molar-refractivity contribution in [2.24, 2.45) is 0 Å². The van der Waals surface area contributed by atoms with Gasteiger partial charge in [-0.15, -0.1) is 0 Å². The third-order valence-corrected chi connectivity index (χ3v) is 8.55. The van der Waals surface area contributed by atoms with Crippen LogP contribution in [0.2, 0.25) is 0 Å². The van der Waals surface area contributed by atoms with Crippen molar-refractivity contribution < 1.29 is 9.59 Å². The van der Waals surface area contributed by atoms with Gasteiger partial charge < -0.3 is 9.80 Å². The average molecular weight is 559 g/mol. The number of hydrogen-bond donors (Lipinski definition) is 0. The predicted octanol–water partition coefficient (Wildman–Crippen LogP) is 6.10. The fourth-order valence-corrected chi connectivity index (χ4v) is 6.36. The number of likely N-dealkylation sites (tertiary alicyclic amines) is 1. The molecule has 0 N–H and O–H groups in total. The topological polar surface area (TPSA) is 56.8 Å². The van der Waals surface area contributed by atoms with Crippen LogP contribution in [-0.2, 0) is 0 Å². The molecule has 0 saturated carbocycles. The fourth-order valence-electron chi connectivity index (χ4n) is 6.36. The molecular formula is C36H38N4O2. The predicted molar refractivity (Wildman–Crippen MR) is 167 cm³/mol. The first-order valence-electron chi connectivity index (χ1n) is 15.0. The molecule has 6 nitrogen and oxygen atoms in total. The lowest BCUT2D eigenvalue weighted by atomic mass is 10.00. The molecule has 6 heteroatoms. The number of nitrogens with zero attached hydrogens (tertiary/aromatic N) is 4. The highest BCUT2D eigenvalue weighted by atomic mass is 16.2. The average Bonchev–Trinajstić information content (AvgIpc) is 3.04. The summed E-state index contributed by atoms with van der Waals surface area (Å²) in [5, 5.41) is 0. The molecule has 0 atom stereocenters. The third-order valence-electron chi connectivity index (χ3n) is 8.55.